The summed E-state index contributed by atoms with van der Waals surface area (Å²) in [5.74, 6) is -0.310. The number of amides is 1. The summed E-state index contributed by atoms with van der Waals surface area (Å²) in [4.78, 5) is 17.1. The molecule has 1 aromatic heterocycles. The number of aromatic nitrogens is 1. The van der Waals surface area contributed by atoms with E-state index in [0.717, 1.165) is 4.90 Å². The lowest BCUT2D eigenvalue weighted by Gasteiger charge is -2.13. The number of carbonyl (C=O) groups is 1. The summed E-state index contributed by atoms with van der Waals surface area (Å²) in [7, 11) is 0. The maximum Gasteiger partial charge on any atom is 0.268 e. The number of hydrogen-bond donors (Lipinski definition) is 0. The van der Waals surface area contributed by atoms with E-state index in [-0.39, 0.29) is 5.91 Å². The Kier molecular flexibility index (Phi) is 4.22. The van der Waals surface area contributed by atoms with Crippen molar-refractivity contribution >= 4 is 5.91 Å². The molecule has 0 saturated heterocycles. The predicted octanol–water partition coefficient (Wildman–Crippen LogP) is 1.89. The van der Waals surface area contributed by atoms with Crippen LogP contribution in [0.3, 0.4) is 0 Å². The first-order valence-corrected chi connectivity index (χ1v) is 4.94. The summed E-state index contributed by atoms with van der Waals surface area (Å²) in [6.07, 6.45) is 5.76. The quantitative estimate of drug-likeness (QED) is 0.438. The molecule has 0 spiro atoms. The Bertz CT molecular complexity index is 434. The van der Waals surface area contributed by atoms with E-state index in [1.54, 1.807) is 31.3 Å². The Hall–Kier alpha value is -2.15. The van der Waals surface area contributed by atoms with Crippen molar-refractivity contribution in [2.45, 2.75) is 13.3 Å². The third-order valence-electron chi connectivity index (χ3n) is 2.16. The van der Waals surface area contributed by atoms with Gasteiger partial charge in [-0.05, 0) is 25.5 Å². The molecular weight excluding hydrogens is 202 g/mol. The molecule has 82 valence electrons. The third kappa shape index (κ3) is 2.67. The van der Waals surface area contributed by atoms with Gasteiger partial charge >= 0.3 is 0 Å². The lowest BCUT2D eigenvalue weighted by Crippen LogP contribution is -2.27. The maximum absolute atomic E-state index is 11.9. The molecular formula is C12H13N3O. The van der Waals surface area contributed by atoms with E-state index in [1.807, 2.05) is 6.19 Å². The van der Waals surface area contributed by atoms with Gasteiger partial charge in [0.05, 0.1) is 11.3 Å². The Balaban J connectivity index is 2.88. The van der Waals surface area contributed by atoms with Crippen molar-refractivity contribution in [3.05, 3.63) is 42.2 Å². The highest BCUT2D eigenvalue weighted by Crippen LogP contribution is 2.08. The van der Waals surface area contributed by atoms with Gasteiger partial charge in [0.1, 0.15) is 0 Å². The highest BCUT2D eigenvalue weighted by atomic mass is 16.2. The van der Waals surface area contributed by atoms with E-state index < -0.39 is 0 Å². The van der Waals surface area contributed by atoms with Crippen molar-refractivity contribution in [3.8, 4) is 6.19 Å². The van der Waals surface area contributed by atoms with Gasteiger partial charge in [0.2, 0.25) is 0 Å². The second kappa shape index (κ2) is 5.66. The summed E-state index contributed by atoms with van der Waals surface area (Å²) < 4.78 is 0. The van der Waals surface area contributed by atoms with Crippen LogP contribution < -0.4 is 0 Å². The molecule has 0 saturated carbocycles. The average Bonchev–Trinajstić information content (AvgIpc) is 2.30. The van der Waals surface area contributed by atoms with Crippen molar-refractivity contribution in [1.29, 1.82) is 5.26 Å². The van der Waals surface area contributed by atoms with Crippen molar-refractivity contribution in [2.75, 3.05) is 6.54 Å². The molecule has 0 aromatic carbocycles. The molecule has 0 atom stereocenters. The fourth-order valence-electron chi connectivity index (χ4n) is 1.27. The number of nitriles is 1. The first kappa shape index (κ1) is 11.9. The number of rotatable bonds is 4. The molecule has 4 nitrogen and oxygen atoms in total. The largest absolute Gasteiger partial charge is 0.268 e. The van der Waals surface area contributed by atoms with Crippen molar-refractivity contribution in [1.82, 2.24) is 9.88 Å². The van der Waals surface area contributed by atoms with Crippen LogP contribution in [-0.4, -0.2) is 22.3 Å². The number of aryl methyl sites for hydroxylation is 1. The first-order chi connectivity index (χ1) is 7.70. The molecule has 0 aliphatic carbocycles. The average molecular weight is 215 g/mol. The van der Waals surface area contributed by atoms with Crippen LogP contribution in [0.15, 0.2) is 31.0 Å². The molecule has 0 aliphatic heterocycles. The van der Waals surface area contributed by atoms with Gasteiger partial charge in [-0.15, -0.1) is 6.58 Å². The second-order valence-electron chi connectivity index (χ2n) is 3.27. The maximum atomic E-state index is 11.9. The normalized spacial score (nSPS) is 9.25. The standard InChI is InChI=1S/C12H13N3O/c1-3-4-8-15(9-13)12(16)11-6-5-7-14-10(11)2/h3,5-7H,1,4,8H2,2H3. The number of pyridine rings is 1. The molecule has 0 N–H and O–H groups in total. The topological polar surface area (TPSA) is 57.0 Å². The summed E-state index contributed by atoms with van der Waals surface area (Å²) >= 11 is 0. The lowest BCUT2D eigenvalue weighted by molar-refractivity contribution is 0.0833. The molecule has 0 fully saturated rings. The van der Waals surface area contributed by atoms with Crippen LogP contribution in [0.4, 0.5) is 0 Å². The highest BCUT2D eigenvalue weighted by molar-refractivity contribution is 5.96. The summed E-state index contributed by atoms with van der Waals surface area (Å²) in [6, 6.07) is 3.35. The van der Waals surface area contributed by atoms with Crippen LogP contribution in [-0.2, 0) is 0 Å². The van der Waals surface area contributed by atoms with Crippen LogP contribution in [0.1, 0.15) is 22.5 Å². The summed E-state index contributed by atoms with van der Waals surface area (Å²) in [5, 5.41) is 8.88. The molecule has 0 aliphatic rings. The molecule has 4 heteroatoms. The van der Waals surface area contributed by atoms with E-state index in [1.165, 1.54) is 0 Å². The van der Waals surface area contributed by atoms with Gasteiger partial charge < -0.3 is 0 Å². The van der Waals surface area contributed by atoms with Gasteiger partial charge in [0.15, 0.2) is 6.19 Å². The minimum absolute atomic E-state index is 0.310. The zero-order chi connectivity index (χ0) is 12.0. The Labute approximate surface area is 94.8 Å². The van der Waals surface area contributed by atoms with E-state index in [0.29, 0.717) is 24.2 Å². The van der Waals surface area contributed by atoms with Gasteiger partial charge in [-0.2, -0.15) is 5.26 Å². The van der Waals surface area contributed by atoms with E-state index in [2.05, 4.69) is 11.6 Å². The smallest absolute Gasteiger partial charge is 0.268 e. The first-order valence-electron chi connectivity index (χ1n) is 4.94. The molecule has 1 aromatic rings. The molecule has 0 unspecified atom stereocenters. The van der Waals surface area contributed by atoms with Crippen LogP contribution in [0.5, 0.6) is 0 Å². The van der Waals surface area contributed by atoms with Gasteiger partial charge in [-0.25, -0.2) is 4.90 Å². The van der Waals surface area contributed by atoms with Crippen LogP contribution in [0.2, 0.25) is 0 Å². The molecule has 0 bridgehead atoms. The minimum Gasteiger partial charge on any atom is -0.268 e. The van der Waals surface area contributed by atoms with Crippen LogP contribution >= 0.6 is 0 Å². The van der Waals surface area contributed by atoms with E-state index >= 15 is 0 Å². The van der Waals surface area contributed by atoms with Gasteiger partial charge in [-0.1, -0.05) is 6.08 Å². The van der Waals surface area contributed by atoms with Gasteiger partial charge in [0, 0.05) is 12.7 Å². The second-order valence-corrected chi connectivity index (χ2v) is 3.27. The molecule has 16 heavy (non-hydrogen) atoms. The van der Waals surface area contributed by atoms with Crippen LogP contribution in [0, 0.1) is 18.4 Å². The van der Waals surface area contributed by atoms with Gasteiger partial charge in [-0.3, -0.25) is 9.78 Å². The molecule has 0 radical (unpaired) electrons. The fraction of sp³-hybridized carbons (Fsp3) is 0.250. The van der Waals surface area contributed by atoms with Crippen molar-refractivity contribution in [3.63, 3.8) is 0 Å². The summed E-state index contributed by atoms with van der Waals surface area (Å²) in [6.45, 7) is 5.66. The summed E-state index contributed by atoms with van der Waals surface area (Å²) in [5.41, 5.74) is 1.10. The Morgan fingerprint density at radius 1 is 1.75 bits per heavy atom. The third-order valence-corrected chi connectivity index (χ3v) is 2.16. The Morgan fingerprint density at radius 2 is 2.50 bits per heavy atom. The zero-order valence-corrected chi connectivity index (χ0v) is 9.18. The fourth-order valence-corrected chi connectivity index (χ4v) is 1.27. The number of hydrogen-bond acceptors (Lipinski definition) is 3. The van der Waals surface area contributed by atoms with Crippen molar-refractivity contribution < 1.29 is 4.79 Å². The van der Waals surface area contributed by atoms with Gasteiger partial charge in [0.25, 0.3) is 5.91 Å². The molecule has 1 amide bonds. The number of carbonyl (C=O) groups excluding carboxylic acids is 1. The van der Waals surface area contributed by atoms with E-state index in [4.69, 9.17) is 5.26 Å². The Morgan fingerprint density at radius 3 is 3.06 bits per heavy atom. The van der Waals surface area contributed by atoms with E-state index in [9.17, 15) is 4.79 Å². The predicted molar refractivity (Wildman–Crippen MR) is 60.4 cm³/mol. The highest BCUT2D eigenvalue weighted by Gasteiger charge is 2.16. The minimum atomic E-state index is -0.310. The zero-order valence-electron chi connectivity index (χ0n) is 9.18. The monoisotopic (exact) mass is 215 g/mol. The molecule has 1 rings (SSSR count). The molecule has 1 heterocycles. The van der Waals surface area contributed by atoms with Crippen LogP contribution in [0.25, 0.3) is 0 Å². The lowest BCUT2D eigenvalue weighted by atomic mass is 10.2. The number of nitrogens with zero attached hydrogens (tertiary/aromatic N) is 3. The SMILES string of the molecule is C=CCCN(C#N)C(=O)c1cccnc1C. The van der Waals surface area contributed by atoms with Crippen molar-refractivity contribution in [2.24, 2.45) is 0 Å².